The SMILES string of the molecule is CC(C)(CNC(C)(C)C)CN1CCCOc2ccccc21. The Morgan fingerprint density at radius 1 is 1.14 bits per heavy atom. The summed E-state index contributed by atoms with van der Waals surface area (Å²) in [5, 5.41) is 3.63. The van der Waals surface area contributed by atoms with Gasteiger partial charge in [-0.15, -0.1) is 0 Å². The Labute approximate surface area is 129 Å². The van der Waals surface area contributed by atoms with Crippen molar-refractivity contribution in [2.75, 3.05) is 31.1 Å². The van der Waals surface area contributed by atoms with Crippen LogP contribution in [-0.2, 0) is 0 Å². The van der Waals surface area contributed by atoms with Gasteiger partial charge >= 0.3 is 0 Å². The second-order valence-corrected chi connectivity index (χ2v) is 7.86. The molecule has 1 aromatic rings. The molecule has 0 aliphatic carbocycles. The predicted octanol–water partition coefficient (Wildman–Crippen LogP) is 3.69. The van der Waals surface area contributed by atoms with Crippen molar-refractivity contribution in [3.63, 3.8) is 0 Å². The summed E-state index contributed by atoms with van der Waals surface area (Å²) in [4.78, 5) is 2.48. The highest BCUT2D eigenvalue weighted by Gasteiger charge is 2.26. The zero-order chi connectivity index (χ0) is 15.5. The van der Waals surface area contributed by atoms with Crippen LogP contribution in [0.1, 0.15) is 41.0 Å². The molecule has 0 saturated carbocycles. The van der Waals surface area contributed by atoms with Gasteiger partial charge in [0.1, 0.15) is 5.75 Å². The number of anilines is 1. The maximum Gasteiger partial charge on any atom is 0.142 e. The second-order valence-electron chi connectivity index (χ2n) is 7.86. The highest BCUT2D eigenvalue weighted by molar-refractivity contribution is 5.59. The Bertz CT molecular complexity index is 463. The summed E-state index contributed by atoms with van der Waals surface area (Å²) in [6.07, 6.45) is 1.08. The Hall–Kier alpha value is -1.22. The van der Waals surface area contributed by atoms with Crippen molar-refractivity contribution in [1.82, 2.24) is 5.32 Å². The monoisotopic (exact) mass is 290 g/mol. The third kappa shape index (κ3) is 4.92. The average Bonchev–Trinajstić information content (AvgIpc) is 2.59. The van der Waals surface area contributed by atoms with Crippen molar-refractivity contribution in [2.45, 2.75) is 46.6 Å². The minimum Gasteiger partial charge on any atom is -0.491 e. The number of nitrogens with one attached hydrogen (secondary N) is 1. The van der Waals surface area contributed by atoms with E-state index in [0.29, 0.717) is 0 Å². The summed E-state index contributed by atoms with van der Waals surface area (Å²) in [6, 6.07) is 8.40. The third-order valence-electron chi connectivity index (χ3n) is 3.75. The van der Waals surface area contributed by atoms with Crippen LogP contribution in [0.3, 0.4) is 0 Å². The van der Waals surface area contributed by atoms with Crippen molar-refractivity contribution in [3.05, 3.63) is 24.3 Å². The van der Waals surface area contributed by atoms with E-state index >= 15 is 0 Å². The molecule has 21 heavy (non-hydrogen) atoms. The van der Waals surface area contributed by atoms with Gasteiger partial charge < -0.3 is 15.0 Å². The maximum absolute atomic E-state index is 5.85. The van der Waals surface area contributed by atoms with Gasteiger partial charge in [-0.2, -0.15) is 0 Å². The Kier molecular flexibility index (Phi) is 4.82. The molecule has 118 valence electrons. The predicted molar refractivity (Wildman–Crippen MR) is 90.3 cm³/mol. The molecule has 0 amide bonds. The fourth-order valence-electron chi connectivity index (χ4n) is 2.64. The second kappa shape index (κ2) is 6.27. The van der Waals surface area contributed by atoms with Crippen LogP contribution in [0.2, 0.25) is 0 Å². The van der Waals surface area contributed by atoms with Crippen LogP contribution in [0.25, 0.3) is 0 Å². The van der Waals surface area contributed by atoms with Gasteiger partial charge in [-0.1, -0.05) is 26.0 Å². The van der Waals surface area contributed by atoms with E-state index < -0.39 is 0 Å². The molecule has 0 atom stereocenters. The number of para-hydroxylation sites is 2. The molecule has 3 nitrogen and oxygen atoms in total. The molecule has 1 aromatic carbocycles. The van der Waals surface area contributed by atoms with E-state index in [1.165, 1.54) is 5.69 Å². The first-order valence-electron chi connectivity index (χ1n) is 7.99. The van der Waals surface area contributed by atoms with Gasteiger partial charge in [-0.25, -0.2) is 0 Å². The summed E-state index contributed by atoms with van der Waals surface area (Å²) in [7, 11) is 0. The molecular weight excluding hydrogens is 260 g/mol. The maximum atomic E-state index is 5.85. The van der Waals surface area contributed by atoms with Crippen LogP contribution in [0, 0.1) is 5.41 Å². The largest absolute Gasteiger partial charge is 0.491 e. The number of benzene rings is 1. The fraction of sp³-hybridized carbons (Fsp3) is 0.667. The fourth-order valence-corrected chi connectivity index (χ4v) is 2.64. The van der Waals surface area contributed by atoms with E-state index in [2.05, 4.69) is 69.1 Å². The minimum atomic E-state index is 0.164. The quantitative estimate of drug-likeness (QED) is 0.915. The topological polar surface area (TPSA) is 24.5 Å². The van der Waals surface area contributed by atoms with E-state index in [-0.39, 0.29) is 11.0 Å². The highest BCUT2D eigenvalue weighted by Crippen LogP contribution is 2.32. The molecule has 0 fully saturated rings. The average molecular weight is 290 g/mol. The van der Waals surface area contributed by atoms with Crippen molar-refractivity contribution >= 4 is 5.69 Å². The van der Waals surface area contributed by atoms with Gasteiger partial charge in [0.05, 0.1) is 12.3 Å². The smallest absolute Gasteiger partial charge is 0.142 e. The number of fused-ring (bicyclic) bond motifs is 1. The molecule has 1 aliphatic heterocycles. The molecular formula is C18H30N2O. The molecule has 3 heteroatoms. The molecule has 0 saturated heterocycles. The first kappa shape index (κ1) is 16.2. The van der Waals surface area contributed by atoms with Gasteiger partial charge in [-0.05, 0) is 44.7 Å². The van der Waals surface area contributed by atoms with Crippen LogP contribution in [-0.4, -0.2) is 31.8 Å². The molecule has 2 rings (SSSR count). The minimum absolute atomic E-state index is 0.164. The molecule has 0 aromatic heterocycles. The van der Waals surface area contributed by atoms with E-state index in [1.54, 1.807) is 0 Å². The lowest BCUT2D eigenvalue weighted by Gasteiger charge is -2.36. The summed E-state index contributed by atoms with van der Waals surface area (Å²) >= 11 is 0. The first-order valence-corrected chi connectivity index (χ1v) is 7.99. The van der Waals surface area contributed by atoms with Crippen molar-refractivity contribution < 1.29 is 4.74 Å². The highest BCUT2D eigenvalue weighted by atomic mass is 16.5. The summed E-state index contributed by atoms with van der Waals surface area (Å²) < 4.78 is 5.85. The standard InChI is InChI=1S/C18H30N2O/c1-17(2,3)19-13-18(4,5)14-20-11-8-12-21-16-10-7-6-9-15(16)20/h6-7,9-10,19H,8,11-14H2,1-5H3. The number of ether oxygens (including phenoxy) is 1. The van der Waals surface area contributed by atoms with Crippen molar-refractivity contribution in [2.24, 2.45) is 5.41 Å². The number of hydrogen-bond donors (Lipinski definition) is 1. The molecule has 1 aliphatic rings. The zero-order valence-electron chi connectivity index (χ0n) is 14.2. The number of rotatable bonds is 4. The van der Waals surface area contributed by atoms with Gasteiger partial charge in [0, 0.05) is 25.2 Å². The van der Waals surface area contributed by atoms with E-state index in [9.17, 15) is 0 Å². The van der Waals surface area contributed by atoms with Crippen molar-refractivity contribution in [1.29, 1.82) is 0 Å². The van der Waals surface area contributed by atoms with Gasteiger partial charge in [0.2, 0.25) is 0 Å². The lowest BCUT2D eigenvalue weighted by atomic mass is 9.91. The lowest BCUT2D eigenvalue weighted by molar-refractivity contribution is 0.291. The van der Waals surface area contributed by atoms with Gasteiger partial charge in [-0.3, -0.25) is 0 Å². The van der Waals surface area contributed by atoms with E-state index in [0.717, 1.165) is 38.4 Å². The Morgan fingerprint density at radius 3 is 2.57 bits per heavy atom. The van der Waals surface area contributed by atoms with Crippen molar-refractivity contribution in [3.8, 4) is 5.75 Å². The summed E-state index contributed by atoms with van der Waals surface area (Å²) in [5.74, 6) is 1.02. The van der Waals surface area contributed by atoms with Crippen LogP contribution >= 0.6 is 0 Å². The van der Waals surface area contributed by atoms with Crippen LogP contribution in [0.4, 0.5) is 5.69 Å². The van der Waals surface area contributed by atoms with Gasteiger partial charge in [0.15, 0.2) is 0 Å². The Balaban J connectivity index is 2.07. The zero-order valence-corrected chi connectivity index (χ0v) is 14.2. The molecule has 0 spiro atoms. The molecule has 1 N–H and O–H groups in total. The van der Waals surface area contributed by atoms with E-state index in [4.69, 9.17) is 4.74 Å². The van der Waals surface area contributed by atoms with Crippen LogP contribution in [0.15, 0.2) is 24.3 Å². The van der Waals surface area contributed by atoms with Crippen LogP contribution < -0.4 is 15.0 Å². The third-order valence-corrected chi connectivity index (χ3v) is 3.75. The number of nitrogens with zero attached hydrogens (tertiary/aromatic N) is 1. The molecule has 0 radical (unpaired) electrons. The van der Waals surface area contributed by atoms with Gasteiger partial charge in [0.25, 0.3) is 0 Å². The van der Waals surface area contributed by atoms with Crippen LogP contribution in [0.5, 0.6) is 5.75 Å². The first-order chi connectivity index (χ1) is 9.77. The van der Waals surface area contributed by atoms with E-state index in [1.807, 2.05) is 0 Å². The molecule has 1 heterocycles. The molecule has 0 bridgehead atoms. The lowest BCUT2D eigenvalue weighted by Crippen LogP contribution is -2.46. The number of hydrogen-bond acceptors (Lipinski definition) is 3. The molecule has 0 unspecified atom stereocenters. The normalized spacial score (nSPS) is 16.1. The summed E-state index contributed by atoms with van der Waals surface area (Å²) in [5.41, 5.74) is 1.61. The Morgan fingerprint density at radius 2 is 1.86 bits per heavy atom. The summed E-state index contributed by atoms with van der Waals surface area (Å²) in [6.45, 7) is 15.3.